The number of pyridine rings is 1. The molecule has 0 bridgehead atoms. The molecule has 2 aromatic rings. The number of rotatable bonds is 3. The third kappa shape index (κ3) is 2.88. The normalized spacial score (nSPS) is 22.4. The Morgan fingerprint density at radius 1 is 1.29 bits per heavy atom. The summed E-state index contributed by atoms with van der Waals surface area (Å²) in [5, 5.41) is 10.8. The SMILES string of the molecule is CC1CCCC(N(C)c2nc3ccccc3cc2CO)C1. The third-order valence-electron chi connectivity index (χ3n) is 4.74. The number of aliphatic hydroxyl groups is 1. The van der Waals surface area contributed by atoms with Crippen molar-refractivity contribution in [3.63, 3.8) is 0 Å². The van der Waals surface area contributed by atoms with Gasteiger partial charge in [0.05, 0.1) is 12.1 Å². The van der Waals surface area contributed by atoms with Crippen LogP contribution in [0, 0.1) is 5.92 Å². The molecule has 2 unspecified atom stereocenters. The van der Waals surface area contributed by atoms with E-state index in [-0.39, 0.29) is 6.61 Å². The maximum atomic E-state index is 9.71. The summed E-state index contributed by atoms with van der Waals surface area (Å²) in [7, 11) is 2.12. The van der Waals surface area contributed by atoms with Crippen molar-refractivity contribution in [2.24, 2.45) is 5.92 Å². The number of hydrogen-bond acceptors (Lipinski definition) is 3. The fourth-order valence-electron chi connectivity index (χ4n) is 3.50. The fourth-order valence-corrected chi connectivity index (χ4v) is 3.50. The first-order valence-corrected chi connectivity index (χ1v) is 7.91. The van der Waals surface area contributed by atoms with Crippen molar-refractivity contribution >= 4 is 16.7 Å². The van der Waals surface area contributed by atoms with Crippen LogP contribution in [0.25, 0.3) is 10.9 Å². The molecule has 1 aliphatic carbocycles. The molecule has 0 saturated heterocycles. The van der Waals surface area contributed by atoms with Crippen LogP contribution in [0.1, 0.15) is 38.2 Å². The topological polar surface area (TPSA) is 36.4 Å². The molecule has 0 spiro atoms. The van der Waals surface area contributed by atoms with Gasteiger partial charge in [-0.3, -0.25) is 0 Å². The van der Waals surface area contributed by atoms with Gasteiger partial charge in [-0.2, -0.15) is 0 Å². The molecule has 1 aliphatic rings. The predicted octanol–water partition coefficient (Wildman–Crippen LogP) is 3.74. The van der Waals surface area contributed by atoms with E-state index in [0.717, 1.165) is 28.2 Å². The van der Waals surface area contributed by atoms with E-state index in [1.54, 1.807) is 0 Å². The molecule has 0 radical (unpaired) electrons. The summed E-state index contributed by atoms with van der Waals surface area (Å²) < 4.78 is 0. The second-order valence-corrected chi connectivity index (χ2v) is 6.36. The zero-order valence-electron chi connectivity index (χ0n) is 12.9. The molecule has 112 valence electrons. The first-order chi connectivity index (χ1) is 10.2. The number of aromatic nitrogens is 1. The number of anilines is 1. The van der Waals surface area contributed by atoms with Crippen molar-refractivity contribution in [3.05, 3.63) is 35.9 Å². The first kappa shape index (κ1) is 14.3. The van der Waals surface area contributed by atoms with Crippen LogP contribution in [0.5, 0.6) is 0 Å². The molecule has 1 N–H and O–H groups in total. The Morgan fingerprint density at radius 2 is 2.10 bits per heavy atom. The van der Waals surface area contributed by atoms with Crippen LogP contribution in [-0.4, -0.2) is 23.2 Å². The molecule has 3 nitrogen and oxygen atoms in total. The molecule has 1 aromatic heterocycles. The molecule has 1 aromatic carbocycles. The molecular formula is C18H24N2O. The van der Waals surface area contributed by atoms with Crippen molar-refractivity contribution in [1.29, 1.82) is 0 Å². The standard InChI is InChI=1S/C18H24N2O/c1-13-6-5-8-16(10-13)20(2)18-15(12-21)11-14-7-3-4-9-17(14)19-18/h3-4,7,9,11,13,16,21H,5-6,8,10,12H2,1-2H3. The van der Waals surface area contributed by atoms with Gasteiger partial charge in [0, 0.05) is 24.0 Å². The summed E-state index contributed by atoms with van der Waals surface area (Å²) in [5.74, 6) is 1.72. The lowest BCUT2D eigenvalue weighted by Crippen LogP contribution is -2.36. The summed E-state index contributed by atoms with van der Waals surface area (Å²) in [4.78, 5) is 7.10. The van der Waals surface area contributed by atoms with Crippen LogP contribution in [0.2, 0.25) is 0 Å². The van der Waals surface area contributed by atoms with Gasteiger partial charge in [-0.1, -0.05) is 38.0 Å². The van der Waals surface area contributed by atoms with Crippen LogP contribution in [0.3, 0.4) is 0 Å². The van der Waals surface area contributed by atoms with E-state index in [4.69, 9.17) is 4.98 Å². The number of hydrogen-bond donors (Lipinski definition) is 1. The van der Waals surface area contributed by atoms with E-state index < -0.39 is 0 Å². The molecule has 1 heterocycles. The molecule has 21 heavy (non-hydrogen) atoms. The van der Waals surface area contributed by atoms with Gasteiger partial charge >= 0.3 is 0 Å². The van der Waals surface area contributed by atoms with Crippen molar-refractivity contribution in [3.8, 4) is 0 Å². The summed E-state index contributed by atoms with van der Waals surface area (Å²) >= 11 is 0. The zero-order valence-corrected chi connectivity index (χ0v) is 12.9. The monoisotopic (exact) mass is 284 g/mol. The Bertz CT molecular complexity index is 626. The van der Waals surface area contributed by atoms with Gasteiger partial charge in [0.2, 0.25) is 0 Å². The molecule has 0 amide bonds. The summed E-state index contributed by atoms with van der Waals surface area (Å²) in [6.07, 6.45) is 5.07. The van der Waals surface area contributed by atoms with Crippen molar-refractivity contribution < 1.29 is 5.11 Å². The molecular weight excluding hydrogens is 260 g/mol. The van der Waals surface area contributed by atoms with Gasteiger partial charge in [-0.15, -0.1) is 0 Å². The smallest absolute Gasteiger partial charge is 0.134 e. The van der Waals surface area contributed by atoms with Gasteiger partial charge in [-0.25, -0.2) is 4.98 Å². The van der Waals surface area contributed by atoms with Crippen LogP contribution in [-0.2, 0) is 6.61 Å². The van der Waals surface area contributed by atoms with E-state index in [0.29, 0.717) is 6.04 Å². The summed E-state index contributed by atoms with van der Waals surface area (Å²) in [6, 6.07) is 10.7. The van der Waals surface area contributed by atoms with Crippen molar-refractivity contribution in [2.45, 2.75) is 45.3 Å². The number of nitrogens with zero attached hydrogens (tertiary/aromatic N) is 2. The zero-order chi connectivity index (χ0) is 14.8. The van der Waals surface area contributed by atoms with Crippen LogP contribution in [0.4, 0.5) is 5.82 Å². The second kappa shape index (κ2) is 6.02. The van der Waals surface area contributed by atoms with Crippen LogP contribution in [0.15, 0.2) is 30.3 Å². The van der Waals surface area contributed by atoms with Gasteiger partial charge in [0.1, 0.15) is 5.82 Å². The fraction of sp³-hybridized carbons (Fsp3) is 0.500. The second-order valence-electron chi connectivity index (χ2n) is 6.36. The Hall–Kier alpha value is -1.61. The quantitative estimate of drug-likeness (QED) is 0.932. The van der Waals surface area contributed by atoms with E-state index in [1.165, 1.54) is 25.7 Å². The minimum absolute atomic E-state index is 0.0414. The van der Waals surface area contributed by atoms with Gasteiger partial charge in [-0.05, 0) is 30.9 Å². The number of para-hydroxylation sites is 1. The lowest BCUT2D eigenvalue weighted by atomic mass is 9.86. The molecule has 0 aliphatic heterocycles. The van der Waals surface area contributed by atoms with Crippen molar-refractivity contribution in [2.75, 3.05) is 11.9 Å². The largest absolute Gasteiger partial charge is 0.392 e. The highest BCUT2D eigenvalue weighted by Crippen LogP contribution is 2.31. The lowest BCUT2D eigenvalue weighted by molar-refractivity contribution is 0.280. The Kier molecular flexibility index (Phi) is 4.11. The Balaban J connectivity index is 1.97. The average molecular weight is 284 g/mol. The average Bonchev–Trinajstić information content (AvgIpc) is 2.53. The minimum atomic E-state index is 0.0414. The molecule has 2 atom stereocenters. The maximum Gasteiger partial charge on any atom is 0.134 e. The molecule has 1 fully saturated rings. The molecule has 3 heteroatoms. The first-order valence-electron chi connectivity index (χ1n) is 7.91. The Labute approximate surface area is 126 Å². The third-order valence-corrected chi connectivity index (χ3v) is 4.74. The molecule has 3 rings (SSSR count). The molecule has 1 saturated carbocycles. The van der Waals surface area contributed by atoms with E-state index in [2.05, 4.69) is 24.9 Å². The van der Waals surface area contributed by atoms with E-state index in [9.17, 15) is 5.11 Å². The Morgan fingerprint density at radius 3 is 2.86 bits per heavy atom. The number of aliphatic hydroxyl groups excluding tert-OH is 1. The summed E-state index contributed by atoms with van der Waals surface area (Å²) in [5.41, 5.74) is 1.93. The van der Waals surface area contributed by atoms with E-state index >= 15 is 0 Å². The van der Waals surface area contributed by atoms with Crippen molar-refractivity contribution in [1.82, 2.24) is 4.98 Å². The highest BCUT2D eigenvalue weighted by atomic mass is 16.3. The minimum Gasteiger partial charge on any atom is -0.392 e. The maximum absolute atomic E-state index is 9.71. The van der Waals surface area contributed by atoms with Gasteiger partial charge in [0.25, 0.3) is 0 Å². The van der Waals surface area contributed by atoms with Crippen LogP contribution >= 0.6 is 0 Å². The van der Waals surface area contributed by atoms with Crippen LogP contribution < -0.4 is 4.90 Å². The van der Waals surface area contributed by atoms with E-state index in [1.807, 2.05) is 24.3 Å². The number of fused-ring (bicyclic) bond motifs is 1. The van der Waals surface area contributed by atoms with Gasteiger partial charge in [0.15, 0.2) is 0 Å². The predicted molar refractivity (Wildman–Crippen MR) is 87.5 cm³/mol. The highest BCUT2D eigenvalue weighted by Gasteiger charge is 2.24. The summed E-state index contributed by atoms with van der Waals surface area (Å²) in [6.45, 7) is 2.38. The van der Waals surface area contributed by atoms with Gasteiger partial charge < -0.3 is 10.0 Å². The number of benzene rings is 1. The lowest BCUT2D eigenvalue weighted by Gasteiger charge is -2.35. The highest BCUT2D eigenvalue weighted by molar-refractivity contribution is 5.81.